The number of amides is 1. The Hall–Kier alpha value is -1.53. The molecule has 0 atom stereocenters. The monoisotopic (exact) mass is 369 g/mol. The molecule has 21 heavy (non-hydrogen) atoms. The Kier molecular flexibility index (Phi) is 5.64. The van der Waals surface area contributed by atoms with Gasteiger partial charge in [0.1, 0.15) is 0 Å². The van der Waals surface area contributed by atoms with Crippen molar-refractivity contribution in [2.75, 3.05) is 13.7 Å². The number of carbonyl (C=O) groups excluding carboxylic acids is 1. The van der Waals surface area contributed by atoms with Gasteiger partial charge in [-0.15, -0.1) is 11.3 Å². The van der Waals surface area contributed by atoms with Gasteiger partial charge in [0.25, 0.3) is 5.91 Å². The number of methoxy groups -OCH3 is 1. The number of halogens is 1. The standard InChI is InChI=1S/C15H16BrNO3S/c1-3-20-12-6-4-10(8-13(12)19-2)15(18)17-9-11-5-7-14(16)21-11/h4-8H,3,9H2,1-2H3,(H,17,18). The highest BCUT2D eigenvalue weighted by atomic mass is 79.9. The number of rotatable bonds is 6. The number of hydrogen-bond donors (Lipinski definition) is 1. The summed E-state index contributed by atoms with van der Waals surface area (Å²) in [6, 6.07) is 9.11. The third-order valence-electron chi connectivity index (χ3n) is 2.78. The topological polar surface area (TPSA) is 47.6 Å². The first-order chi connectivity index (χ1) is 10.1. The van der Waals surface area contributed by atoms with E-state index < -0.39 is 0 Å². The first-order valence-electron chi connectivity index (χ1n) is 6.47. The molecule has 0 aliphatic carbocycles. The average molecular weight is 370 g/mol. The summed E-state index contributed by atoms with van der Waals surface area (Å²) in [7, 11) is 1.56. The van der Waals surface area contributed by atoms with E-state index in [2.05, 4.69) is 21.2 Å². The molecule has 0 radical (unpaired) electrons. The minimum atomic E-state index is -0.138. The Morgan fingerprint density at radius 1 is 1.29 bits per heavy atom. The zero-order valence-corrected chi connectivity index (χ0v) is 14.2. The third-order valence-corrected chi connectivity index (χ3v) is 4.40. The highest BCUT2D eigenvalue weighted by molar-refractivity contribution is 9.11. The Labute approximate surface area is 136 Å². The second-order valence-electron chi connectivity index (χ2n) is 4.19. The summed E-state index contributed by atoms with van der Waals surface area (Å²) in [6.07, 6.45) is 0. The van der Waals surface area contributed by atoms with Gasteiger partial charge in [0.05, 0.1) is 24.0 Å². The van der Waals surface area contributed by atoms with E-state index in [1.807, 2.05) is 19.1 Å². The van der Waals surface area contributed by atoms with Gasteiger partial charge in [0.15, 0.2) is 11.5 Å². The molecule has 0 fully saturated rings. The summed E-state index contributed by atoms with van der Waals surface area (Å²) in [5, 5.41) is 2.89. The van der Waals surface area contributed by atoms with E-state index in [-0.39, 0.29) is 5.91 Å². The van der Waals surface area contributed by atoms with Crippen molar-refractivity contribution in [2.45, 2.75) is 13.5 Å². The molecular weight excluding hydrogens is 354 g/mol. The van der Waals surface area contributed by atoms with E-state index in [1.165, 1.54) is 0 Å². The van der Waals surface area contributed by atoms with Crippen LogP contribution in [-0.2, 0) is 6.54 Å². The van der Waals surface area contributed by atoms with Crippen molar-refractivity contribution in [3.05, 3.63) is 44.6 Å². The van der Waals surface area contributed by atoms with Gasteiger partial charge in [0.2, 0.25) is 0 Å². The van der Waals surface area contributed by atoms with E-state index in [0.29, 0.717) is 30.2 Å². The van der Waals surface area contributed by atoms with E-state index in [9.17, 15) is 4.79 Å². The zero-order chi connectivity index (χ0) is 15.2. The molecular formula is C15H16BrNO3S. The maximum Gasteiger partial charge on any atom is 0.251 e. The number of ether oxygens (including phenoxy) is 2. The summed E-state index contributed by atoms with van der Waals surface area (Å²) in [5.41, 5.74) is 0.547. The minimum Gasteiger partial charge on any atom is -0.493 e. The maximum absolute atomic E-state index is 12.1. The highest BCUT2D eigenvalue weighted by Crippen LogP contribution is 2.28. The van der Waals surface area contributed by atoms with Gasteiger partial charge in [-0.2, -0.15) is 0 Å². The van der Waals surface area contributed by atoms with Gasteiger partial charge < -0.3 is 14.8 Å². The van der Waals surface area contributed by atoms with Crippen LogP contribution >= 0.6 is 27.3 Å². The van der Waals surface area contributed by atoms with Crippen LogP contribution in [0.2, 0.25) is 0 Å². The molecule has 6 heteroatoms. The van der Waals surface area contributed by atoms with Gasteiger partial charge in [-0.3, -0.25) is 4.79 Å². The molecule has 2 rings (SSSR count). The molecule has 1 N–H and O–H groups in total. The highest BCUT2D eigenvalue weighted by Gasteiger charge is 2.11. The molecule has 0 spiro atoms. The van der Waals surface area contributed by atoms with Crippen molar-refractivity contribution in [3.8, 4) is 11.5 Å². The average Bonchev–Trinajstić information content (AvgIpc) is 2.91. The van der Waals surface area contributed by atoms with Gasteiger partial charge in [-0.05, 0) is 53.2 Å². The van der Waals surface area contributed by atoms with Gasteiger partial charge in [0, 0.05) is 10.4 Å². The lowest BCUT2D eigenvalue weighted by molar-refractivity contribution is 0.0951. The van der Waals surface area contributed by atoms with Crippen molar-refractivity contribution in [2.24, 2.45) is 0 Å². The molecule has 0 unspecified atom stereocenters. The molecule has 1 amide bonds. The largest absolute Gasteiger partial charge is 0.493 e. The Balaban J connectivity index is 2.04. The third kappa shape index (κ3) is 4.22. The Bertz CT molecular complexity index is 627. The number of benzene rings is 1. The molecule has 0 aliphatic rings. The minimum absolute atomic E-state index is 0.138. The molecule has 0 saturated heterocycles. The van der Waals surface area contributed by atoms with Crippen LogP contribution in [0.1, 0.15) is 22.2 Å². The van der Waals surface area contributed by atoms with Gasteiger partial charge >= 0.3 is 0 Å². The van der Waals surface area contributed by atoms with Gasteiger partial charge in [-0.1, -0.05) is 0 Å². The van der Waals surface area contributed by atoms with Crippen LogP contribution in [0.5, 0.6) is 11.5 Å². The fraction of sp³-hybridized carbons (Fsp3) is 0.267. The summed E-state index contributed by atoms with van der Waals surface area (Å²) >= 11 is 5.00. The van der Waals surface area contributed by atoms with Crippen LogP contribution in [0.4, 0.5) is 0 Å². The fourth-order valence-electron chi connectivity index (χ4n) is 1.80. The molecule has 0 saturated carbocycles. The maximum atomic E-state index is 12.1. The first-order valence-corrected chi connectivity index (χ1v) is 8.08. The van der Waals surface area contributed by atoms with E-state index >= 15 is 0 Å². The Morgan fingerprint density at radius 2 is 2.10 bits per heavy atom. The summed E-state index contributed by atoms with van der Waals surface area (Å²) in [4.78, 5) is 13.2. The van der Waals surface area contributed by atoms with E-state index in [0.717, 1.165) is 8.66 Å². The smallest absolute Gasteiger partial charge is 0.251 e. The molecule has 4 nitrogen and oxygen atoms in total. The lowest BCUT2D eigenvalue weighted by Gasteiger charge is -2.11. The normalized spacial score (nSPS) is 10.2. The SMILES string of the molecule is CCOc1ccc(C(=O)NCc2ccc(Br)s2)cc1OC. The quantitative estimate of drug-likeness (QED) is 0.840. The number of nitrogens with one attached hydrogen (secondary N) is 1. The van der Waals surface area contributed by atoms with Crippen LogP contribution in [0.15, 0.2) is 34.1 Å². The van der Waals surface area contributed by atoms with Crippen molar-refractivity contribution in [1.29, 1.82) is 0 Å². The van der Waals surface area contributed by atoms with Crippen LogP contribution in [0.3, 0.4) is 0 Å². The lowest BCUT2D eigenvalue weighted by Crippen LogP contribution is -2.22. The van der Waals surface area contributed by atoms with E-state index in [1.54, 1.807) is 36.6 Å². The summed E-state index contributed by atoms with van der Waals surface area (Å²) in [6.45, 7) is 2.96. The molecule has 1 aromatic heterocycles. The van der Waals surface area contributed by atoms with Gasteiger partial charge in [-0.25, -0.2) is 0 Å². The number of hydrogen-bond acceptors (Lipinski definition) is 4. The molecule has 1 heterocycles. The van der Waals surface area contributed by atoms with Crippen molar-refractivity contribution in [3.63, 3.8) is 0 Å². The lowest BCUT2D eigenvalue weighted by atomic mass is 10.2. The fourth-order valence-corrected chi connectivity index (χ4v) is 3.22. The molecule has 0 bridgehead atoms. The summed E-state index contributed by atoms with van der Waals surface area (Å²) in [5.74, 6) is 1.06. The second kappa shape index (κ2) is 7.47. The van der Waals surface area contributed by atoms with Crippen molar-refractivity contribution >= 4 is 33.2 Å². The summed E-state index contributed by atoms with van der Waals surface area (Å²) < 4.78 is 11.7. The van der Waals surface area contributed by atoms with Crippen LogP contribution in [0, 0.1) is 0 Å². The van der Waals surface area contributed by atoms with E-state index in [4.69, 9.17) is 9.47 Å². The number of thiophene rings is 1. The number of carbonyl (C=O) groups is 1. The van der Waals surface area contributed by atoms with Crippen LogP contribution in [-0.4, -0.2) is 19.6 Å². The predicted octanol–water partition coefficient (Wildman–Crippen LogP) is 3.85. The van der Waals surface area contributed by atoms with Crippen LogP contribution in [0.25, 0.3) is 0 Å². The second-order valence-corrected chi connectivity index (χ2v) is 6.73. The molecule has 1 aromatic carbocycles. The molecule has 112 valence electrons. The Morgan fingerprint density at radius 3 is 2.71 bits per heavy atom. The first kappa shape index (κ1) is 15.9. The van der Waals surface area contributed by atoms with Crippen molar-refractivity contribution < 1.29 is 14.3 Å². The molecule has 2 aromatic rings. The zero-order valence-electron chi connectivity index (χ0n) is 11.8. The molecule has 0 aliphatic heterocycles. The van der Waals surface area contributed by atoms with Crippen molar-refractivity contribution in [1.82, 2.24) is 5.32 Å². The van der Waals surface area contributed by atoms with Crippen LogP contribution < -0.4 is 14.8 Å². The predicted molar refractivity (Wildman–Crippen MR) is 87.4 cm³/mol.